The first kappa shape index (κ1) is 6.97. The summed E-state index contributed by atoms with van der Waals surface area (Å²) in [6.45, 7) is 0. The third-order valence-corrected chi connectivity index (χ3v) is 1.15. The van der Waals surface area contributed by atoms with Gasteiger partial charge in [-0.2, -0.15) is 0 Å². The number of hydrogen-bond acceptors (Lipinski definition) is 2. The second kappa shape index (κ2) is 2.63. The Labute approximate surface area is 62.1 Å². The van der Waals surface area contributed by atoms with E-state index in [-0.39, 0.29) is 10.8 Å². The Morgan fingerprint density at radius 2 is 2.30 bits per heavy atom. The summed E-state index contributed by atoms with van der Waals surface area (Å²) in [6.07, 6.45) is 5.99. The van der Waals surface area contributed by atoms with Crippen LogP contribution in [-0.4, -0.2) is 9.97 Å². The van der Waals surface area contributed by atoms with Gasteiger partial charge in [0.15, 0.2) is 16.7 Å². The fourth-order valence-electron chi connectivity index (χ4n) is 0.449. The standard InChI is InChI=1S/C6H2ClFN2/c1-2-4-5(8)6(7)10-3-9-4/h1,3H. The highest BCUT2D eigenvalue weighted by Crippen LogP contribution is 2.10. The predicted molar refractivity (Wildman–Crippen MR) is 34.9 cm³/mol. The molecule has 4 heteroatoms. The van der Waals surface area contributed by atoms with E-state index in [1.807, 2.05) is 5.92 Å². The Hall–Kier alpha value is -1.14. The van der Waals surface area contributed by atoms with Crippen molar-refractivity contribution < 1.29 is 4.39 Å². The van der Waals surface area contributed by atoms with Gasteiger partial charge in [0.25, 0.3) is 0 Å². The van der Waals surface area contributed by atoms with E-state index in [1.165, 1.54) is 0 Å². The molecule has 0 amide bonds. The van der Waals surface area contributed by atoms with Crippen LogP contribution < -0.4 is 0 Å². The molecule has 0 saturated heterocycles. The number of nitrogens with zero attached hydrogens (tertiary/aromatic N) is 2. The molecule has 1 aromatic heterocycles. The van der Waals surface area contributed by atoms with E-state index < -0.39 is 5.82 Å². The molecule has 0 spiro atoms. The zero-order valence-electron chi connectivity index (χ0n) is 4.81. The zero-order valence-corrected chi connectivity index (χ0v) is 5.56. The first-order chi connectivity index (χ1) is 4.75. The van der Waals surface area contributed by atoms with Crippen LogP contribution in [0.25, 0.3) is 0 Å². The molecule has 0 aliphatic rings. The summed E-state index contributed by atoms with van der Waals surface area (Å²) in [7, 11) is 0. The van der Waals surface area contributed by atoms with Crippen molar-refractivity contribution in [1.82, 2.24) is 9.97 Å². The zero-order chi connectivity index (χ0) is 7.56. The molecule has 2 nitrogen and oxygen atoms in total. The lowest BCUT2D eigenvalue weighted by Crippen LogP contribution is -1.91. The van der Waals surface area contributed by atoms with E-state index in [1.54, 1.807) is 0 Å². The van der Waals surface area contributed by atoms with Crippen molar-refractivity contribution in [3.63, 3.8) is 0 Å². The highest BCUT2D eigenvalue weighted by atomic mass is 35.5. The average Bonchev–Trinajstić information content (AvgIpc) is 1.95. The quantitative estimate of drug-likeness (QED) is 0.417. The summed E-state index contributed by atoms with van der Waals surface area (Å²) in [4.78, 5) is 6.82. The van der Waals surface area contributed by atoms with Crippen molar-refractivity contribution in [3.05, 3.63) is 23.0 Å². The summed E-state index contributed by atoms with van der Waals surface area (Å²) in [5.74, 6) is 1.28. The van der Waals surface area contributed by atoms with Gasteiger partial charge in [-0.15, -0.1) is 6.42 Å². The van der Waals surface area contributed by atoms with Crippen molar-refractivity contribution in [2.75, 3.05) is 0 Å². The number of aromatic nitrogens is 2. The fourth-order valence-corrected chi connectivity index (χ4v) is 0.582. The lowest BCUT2D eigenvalue weighted by atomic mass is 10.4. The molecular weight excluding hydrogens is 155 g/mol. The first-order valence-corrected chi connectivity index (χ1v) is 2.76. The summed E-state index contributed by atoms with van der Waals surface area (Å²) < 4.78 is 12.6. The van der Waals surface area contributed by atoms with Gasteiger partial charge in [-0.3, -0.25) is 0 Å². The lowest BCUT2D eigenvalue weighted by Gasteiger charge is -1.92. The molecule has 0 aliphatic carbocycles. The van der Waals surface area contributed by atoms with Crippen LogP contribution in [0.1, 0.15) is 5.69 Å². The van der Waals surface area contributed by atoms with Crippen LogP contribution in [0.15, 0.2) is 6.33 Å². The van der Waals surface area contributed by atoms with Crippen molar-refractivity contribution in [3.8, 4) is 12.3 Å². The SMILES string of the molecule is C#Cc1ncnc(Cl)c1F. The molecular formula is C6H2ClFN2. The number of terminal acetylenes is 1. The van der Waals surface area contributed by atoms with Crippen molar-refractivity contribution in [2.24, 2.45) is 0 Å². The molecule has 0 radical (unpaired) electrons. The van der Waals surface area contributed by atoms with E-state index >= 15 is 0 Å². The van der Waals surface area contributed by atoms with Crippen molar-refractivity contribution >= 4 is 11.6 Å². The number of halogens is 2. The Kier molecular flexibility index (Phi) is 1.83. The van der Waals surface area contributed by atoms with E-state index in [4.69, 9.17) is 18.0 Å². The summed E-state index contributed by atoms with van der Waals surface area (Å²) >= 11 is 5.27. The van der Waals surface area contributed by atoms with Crippen molar-refractivity contribution in [2.45, 2.75) is 0 Å². The van der Waals surface area contributed by atoms with Crippen LogP contribution in [0, 0.1) is 18.2 Å². The highest BCUT2D eigenvalue weighted by Gasteiger charge is 2.04. The number of rotatable bonds is 0. The maximum absolute atomic E-state index is 12.6. The molecule has 1 rings (SSSR count). The van der Waals surface area contributed by atoms with Gasteiger partial charge in [0.1, 0.15) is 6.33 Å². The third-order valence-electron chi connectivity index (χ3n) is 0.884. The molecule has 0 bridgehead atoms. The summed E-state index contributed by atoms with van der Waals surface area (Å²) in [5, 5.41) is -0.247. The molecule has 1 heterocycles. The van der Waals surface area contributed by atoms with E-state index in [9.17, 15) is 4.39 Å². The van der Waals surface area contributed by atoms with Gasteiger partial charge in [-0.05, 0) is 5.92 Å². The van der Waals surface area contributed by atoms with Crippen LogP contribution in [-0.2, 0) is 0 Å². The molecule has 50 valence electrons. The molecule has 0 N–H and O–H groups in total. The molecule has 1 aromatic rings. The Morgan fingerprint density at radius 3 is 2.80 bits per heavy atom. The number of hydrogen-bond donors (Lipinski definition) is 0. The topological polar surface area (TPSA) is 25.8 Å². The highest BCUT2D eigenvalue weighted by molar-refractivity contribution is 6.29. The van der Waals surface area contributed by atoms with E-state index in [0.717, 1.165) is 6.33 Å². The van der Waals surface area contributed by atoms with Gasteiger partial charge < -0.3 is 0 Å². The molecule has 0 saturated carbocycles. The second-order valence-corrected chi connectivity index (χ2v) is 1.83. The Balaban J connectivity index is 3.31. The Bertz CT molecular complexity index is 292. The first-order valence-electron chi connectivity index (χ1n) is 2.38. The molecule has 0 atom stereocenters. The molecule has 0 aromatic carbocycles. The summed E-state index contributed by atoms with van der Waals surface area (Å²) in [5.41, 5.74) is -0.111. The minimum absolute atomic E-state index is 0.111. The maximum atomic E-state index is 12.6. The molecule has 0 unspecified atom stereocenters. The van der Waals surface area contributed by atoms with E-state index in [2.05, 4.69) is 9.97 Å². The van der Waals surface area contributed by atoms with Gasteiger partial charge in [0.2, 0.25) is 0 Å². The smallest absolute Gasteiger partial charge is 0.194 e. The van der Waals surface area contributed by atoms with Gasteiger partial charge >= 0.3 is 0 Å². The predicted octanol–water partition coefficient (Wildman–Crippen LogP) is 1.25. The largest absolute Gasteiger partial charge is 0.225 e. The van der Waals surface area contributed by atoms with Crippen LogP contribution in [0.3, 0.4) is 0 Å². The summed E-state index contributed by atoms with van der Waals surface area (Å²) in [6, 6.07) is 0. The normalized spacial score (nSPS) is 8.90. The second-order valence-electron chi connectivity index (χ2n) is 1.47. The van der Waals surface area contributed by atoms with Gasteiger partial charge in [-0.25, -0.2) is 14.4 Å². The van der Waals surface area contributed by atoms with Gasteiger partial charge in [0.05, 0.1) is 0 Å². The van der Waals surface area contributed by atoms with E-state index in [0.29, 0.717) is 0 Å². The van der Waals surface area contributed by atoms with Gasteiger partial charge in [0, 0.05) is 0 Å². The minimum atomic E-state index is -0.744. The minimum Gasteiger partial charge on any atom is -0.225 e. The Morgan fingerprint density at radius 1 is 1.60 bits per heavy atom. The van der Waals surface area contributed by atoms with Crippen molar-refractivity contribution in [1.29, 1.82) is 0 Å². The van der Waals surface area contributed by atoms with Crippen LogP contribution >= 0.6 is 11.6 Å². The maximum Gasteiger partial charge on any atom is 0.194 e. The van der Waals surface area contributed by atoms with Crippen LogP contribution in [0.4, 0.5) is 4.39 Å². The van der Waals surface area contributed by atoms with Crippen LogP contribution in [0.2, 0.25) is 5.15 Å². The average molecular weight is 157 g/mol. The van der Waals surface area contributed by atoms with Gasteiger partial charge in [-0.1, -0.05) is 11.6 Å². The molecule has 0 fully saturated rings. The fraction of sp³-hybridized carbons (Fsp3) is 0. The molecule has 10 heavy (non-hydrogen) atoms. The van der Waals surface area contributed by atoms with Crippen LogP contribution in [0.5, 0.6) is 0 Å². The third kappa shape index (κ3) is 1.07. The lowest BCUT2D eigenvalue weighted by molar-refractivity contribution is 0.609. The monoisotopic (exact) mass is 156 g/mol. The molecule has 0 aliphatic heterocycles.